The molecule has 1 saturated heterocycles. The molecule has 0 saturated carbocycles. The summed E-state index contributed by atoms with van der Waals surface area (Å²) in [5, 5.41) is 5.48. The van der Waals surface area contributed by atoms with Crippen LogP contribution in [0.4, 0.5) is 0 Å². The molecule has 0 bridgehead atoms. The number of amides is 2. The summed E-state index contributed by atoms with van der Waals surface area (Å²) in [6.07, 6.45) is 1.85. The highest BCUT2D eigenvalue weighted by molar-refractivity contribution is 6.04. The van der Waals surface area contributed by atoms with Gasteiger partial charge in [0.15, 0.2) is 0 Å². The third-order valence-electron chi connectivity index (χ3n) is 3.45. The van der Waals surface area contributed by atoms with Crippen molar-refractivity contribution in [1.29, 1.82) is 0 Å². The van der Waals surface area contributed by atoms with Crippen LogP contribution in [0.2, 0.25) is 0 Å². The smallest absolute Gasteiger partial charge is 0.274 e. The van der Waals surface area contributed by atoms with Crippen LogP contribution >= 0.6 is 0 Å². The zero-order valence-corrected chi connectivity index (χ0v) is 12.5. The molecule has 1 aliphatic rings. The molecule has 116 valence electrons. The highest BCUT2D eigenvalue weighted by Gasteiger charge is 2.22. The molecular weight excluding hydrogens is 272 g/mol. The van der Waals surface area contributed by atoms with Gasteiger partial charge in [-0.2, -0.15) is 0 Å². The summed E-state index contributed by atoms with van der Waals surface area (Å²) in [6, 6.07) is 3.45. The maximum absolute atomic E-state index is 12.0. The number of hydrogen-bond donors (Lipinski definition) is 2. The van der Waals surface area contributed by atoms with Gasteiger partial charge in [-0.1, -0.05) is 0 Å². The lowest BCUT2D eigenvalue weighted by atomic mass is 10.2. The molecule has 2 rings (SSSR count). The summed E-state index contributed by atoms with van der Waals surface area (Å²) in [7, 11) is 3.64. The first-order valence-corrected chi connectivity index (χ1v) is 7.04. The minimum Gasteiger partial charge on any atom is -0.374 e. The van der Waals surface area contributed by atoms with E-state index in [2.05, 4.69) is 10.6 Å². The SMILES string of the molecule is CNCC1CN(CC(=O)NC(=O)c2cccn2C)CCO1. The molecule has 0 aromatic carbocycles. The van der Waals surface area contributed by atoms with Crippen LogP contribution in [-0.2, 0) is 16.6 Å². The number of morpholine rings is 1. The Labute approximate surface area is 124 Å². The largest absolute Gasteiger partial charge is 0.374 e. The maximum Gasteiger partial charge on any atom is 0.274 e. The Kier molecular flexibility index (Phi) is 5.49. The number of rotatable bonds is 5. The van der Waals surface area contributed by atoms with Crippen LogP contribution < -0.4 is 10.6 Å². The number of ether oxygens (including phenoxy) is 1. The second-order valence-corrected chi connectivity index (χ2v) is 5.17. The molecule has 1 aliphatic heterocycles. The fourth-order valence-corrected chi connectivity index (χ4v) is 2.41. The number of carbonyl (C=O) groups excluding carboxylic acids is 2. The number of likely N-dealkylation sites (N-methyl/N-ethyl adjacent to an activating group) is 1. The lowest BCUT2D eigenvalue weighted by Gasteiger charge is -2.32. The van der Waals surface area contributed by atoms with Crippen molar-refractivity contribution in [2.75, 3.05) is 39.8 Å². The average Bonchev–Trinajstić information content (AvgIpc) is 2.85. The van der Waals surface area contributed by atoms with Gasteiger partial charge in [0, 0.05) is 32.9 Å². The molecule has 0 spiro atoms. The van der Waals surface area contributed by atoms with Crippen LogP contribution in [0.15, 0.2) is 18.3 Å². The maximum atomic E-state index is 12.0. The van der Waals surface area contributed by atoms with Crippen molar-refractivity contribution in [3.8, 4) is 0 Å². The zero-order chi connectivity index (χ0) is 15.2. The number of nitrogens with one attached hydrogen (secondary N) is 2. The summed E-state index contributed by atoms with van der Waals surface area (Å²) in [4.78, 5) is 25.9. The summed E-state index contributed by atoms with van der Waals surface area (Å²) in [5.41, 5.74) is 0.471. The summed E-state index contributed by atoms with van der Waals surface area (Å²) >= 11 is 0. The van der Waals surface area contributed by atoms with Gasteiger partial charge in [0.2, 0.25) is 5.91 Å². The number of imide groups is 1. The van der Waals surface area contributed by atoms with Crippen molar-refractivity contribution in [3.63, 3.8) is 0 Å². The fourth-order valence-electron chi connectivity index (χ4n) is 2.41. The second kappa shape index (κ2) is 7.35. The fraction of sp³-hybridized carbons (Fsp3) is 0.571. The minimum absolute atomic E-state index is 0.0834. The predicted molar refractivity (Wildman–Crippen MR) is 78.0 cm³/mol. The highest BCUT2D eigenvalue weighted by Crippen LogP contribution is 2.04. The lowest BCUT2D eigenvalue weighted by Crippen LogP contribution is -2.50. The van der Waals surface area contributed by atoms with Gasteiger partial charge in [0.05, 0.1) is 19.3 Å². The molecule has 0 aliphatic carbocycles. The molecule has 2 amide bonds. The van der Waals surface area contributed by atoms with E-state index in [1.54, 1.807) is 29.9 Å². The standard InChI is InChI=1S/C14H22N4O3/c1-15-8-11-9-18(6-7-21-11)10-13(19)16-14(20)12-4-3-5-17(12)2/h3-5,11,15H,6-10H2,1-2H3,(H,16,19,20). The Balaban J connectivity index is 1.81. The molecule has 21 heavy (non-hydrogen) atoms. The van der Waals surface area contributed by atoms with E-state index < -0.39 is 0 Å². The molecule has 2 N–H and O–H groups in total. The number of aromatic nitrogens is 1. The summed E-state index contributed by atoms with van der Waals surface area (Å²) in [5.74, 6) is -0.654. The molecule has 7 heteroatoms. The Bertz CT molecular complexity index is 498. The Morgan fingerprint density at radius 1 is 1.48 bits per heavy atom. The average molecular weight is 294 g/mol. The lowest BCUT2D eigenvalue weighted by molar-refractivity contribution is -0.123. The van der Waals surface area contributed by atoms with E-state index in [0.717, 1.165) is 6.54 Å². The topological polar surface area (TPSA) is 75.6 Å². The molecule has 2 heterocycles. The highest BCUT2D eigenvalue weighted by atomic mass is 16.5. The van der Waals surface area contributed by atoms with Gasteiger partial charge in [-0.05, 0) is 19.2 Å². The van der Waals surface area contributed by atoms with Gasteiger partial charge < -0.3 is 14.6 Å². The predicted octanol–water partition coefficient (Wildman–Crippen LogP) is -0.798. The first-order chi connectivity index (χ1) is 10.1. The van der Waals surface area contributed by atoms with Crippen molar-refractivity contribution < 1.29 is 14.3 Å². The number of hydrogen-bond acceptors (Lipinski definition) is 5. The van der Waals surface area contributed by atoms with E-state index in [9.17, 15) is 9.59 Å². The third-order valence-corrected chi connectivity index (χ3v) is 3.45. The van der Waals surface area contributed by atoms with Gasteiger partial charge in [-0.3, -0.25) is 19.8 Å². The first-order valence-electron chi connectivity index (χ1n) is 7.04. The molecule has 0 radical (unpaired) electrons. The van der Waals surface area contributed by atoms with Gasteiger partial charge >= 0.3 is 0 Å². The van der Waals surface area contributed by atoms with Gasteiger partial charge in [0.1, 0.15) is 5.69 Å². The van der Waals surface area contributed by atoms with E-state index in [0.29, 0.717) is 25.4 Å². The summed E-state index contributed by atoms with van der Waals surface area (Å²) in [6.45, 7) is 2.95. The summed E-state index contributed by atoms with van der Waals surface area (Å²) < 4.78 is 7.26. The monoisotopic (exact) mass is 294 g/mol. The third kappa shape index (κ3) is 4.38. The van der Waals surface area contributed by atoms with Crippen LogP contribution in [0.25, 0.3) is 0 Å². The van der Waals surface area contributed by atoms with E-state index in [1.807, 2.05) is 11.9 Å². The molecule has 1 fully saturated rings. The molecule has 1 unspecified atom stereocenters. The van der Waals surface area contributed by atoms with E-state index in [-0.39, 0.29) is 24.5 Å². The van der Waals surface area contributed by atoms with Crippen molar-refractivity contribution in [1.82, 2.24) is 20.1 Å². The molecular formula is C14H22N4O3. The molecule has 1 atom stereocenters. The van der Waals surface area contributed by atoms with Crippen molar-refractivity contribution in [2.24, 2.45) is 7.05 Å². The van der Waals surface area contributed by atoms with Crippen molar-refractivity contribution >= 4 is 11.8 Å². The Morgan fingerprint density at radius 3 is 2.95 bits per heavy atom. The first kappa shape index (κ1) is 15.7. The van der Waals surface area contributed by atoms with Crippen LogP contribution in [0.5, 0.6) is 0 Å². The quantitative estimate of drug-likeness (QED) is 0.744. The minimum atomic E-state index is -0.368. The van der Waals surface area contributed by atoms with Gasteiger partial charge in [-0.15, -0.1) is 0 Å². The number of nitrogens with zero attached hydrogens (tertiary/aromatic N) is 2. The van der Waals surface area contributed by atoms with Gasteiger partial charge in [0.25, 0.3) is 5.91 Å². The van der Waals surface area contributed by atoms with Crippen LogP contribution in [0.3, 0.4) is 0 Å². The van der Waals surface area contributed by atoms with Crippen molar-refractivity contribution in [3.05, 3.63) is 24.0 Å². The van der Waals surface area contributed by atoms with Crippen molar-refractivity contribution in [2.45, 2.75) is 6.10 Å². The Hall–Kier alpha value is -1.70. The molecule has 1 aromatic rings. The van der Waals surface area contributed by atoms with Crippen LogP contribution in [0.1, 0.15) is 10.5 Å². The zero-order valence-electron chi connectivity index (χ0n) is 12.5. The van der Waals surface area contributed by atoms with E-state index >= 15 is 0 Å². The number of aryl methyl sites for hydroxylation is 1. The van der Waals surface area contributed by atoms with Crippen LogP contribution in [-0.4, -0.2) is 67.2 Å². The second-order valence-electron chi connectivity index (χ2n) is 5.17. The van der Waals surface area contributed by atoms with E-state index in [4.69, 9.17) is 4.74 Å². The van der Waals surface area contributed by atoms with E-state index in [1.165, 1.54) is 0 Å². The molecule has 7 nitrogen and oxygen atoms in total. The normalized spacial score (nSPS) is 19.4. The van der Waals surface area contributed by atoms with Crippen LogP contribution in [0, 0.1) is 0 Å². The Morgan fingerprint density at radius 2 is 2.29 bits per heavy atom. The number of carbonyl (C=O) groups is 2. The molecule has 1 aromatic heterocycles. The van der Waals surface area contributed by atoms with Gasteiger partial charge in [-0.25, -0.2) is 0 Å².